The Kier molecular flexibility index (Phi) is 3.25. The largest absolute Gasteiger partial charge is 0.488 e. The Balaban J connectivity index is 1.66. The first-order chi connectivity index (χ1) is 11.8. The van der Waals surface area contributed by atoms with Crippen molar-refractivity contribution < 1.29 is 9.53 Å². The van der Waals surface area contributed by atoms with Crippen molar-refractivity contribution in [2.45, 2.75) is 6.61 Å². The van der Waals surface area contributed by atoms with Crippen LogP contribution in [0.15, 0.2) is 48.5 Å². The second-order valence-electron chi connectivity index (χ2n) is 5.36. The highest BCUT2D eigenvalue weighted by Crippen LogP contribution is 2.37. The summed E-state index contributed by atoms with van der Waals surface area (Å²) in [5, 5.41) is 18.8. The average Bonchev–Trinajstić information content (AvgIpc) is 3.06. The van der Waals surface area contributed by atoms with Crippen LogP contribution in [0.3, 0.4) is 0 Å². The molecule has 1 aromatic heterocycles. The summed E-state index contributed by atoms with van der Waals surface area (Å²) in [5.41, 5.74) is 3.72. The molecule has 0 radical (unpaired) electrons. The predicted molar refractivity (Wildman–Crippen MR) is 87.5 cm³/mol. The zero-order valence-electron chi connectivity index (χ0n) is 12.5. The molecule has 1 amide bonds. The summed E-state index contributed by atoms with van der Waals surface area (Å²) in [5.74, 6) is 0.437. The maximum absolute atomic E-state index is 12.5. The number of aromatic nitrogens is 2. The number of hydrogen-bond donors (Lipinski definition) is 2. The quantitative estimate of drug-likeness (QED) is 0.760. The van der Waals surface area contributed by atoms with Crippen LogP contribution in [0.4, 0.5) is 5.69 Å². The fraction of sp³-hybridized carbons (Fsp3) is 0.0556. The van der Waals surface area contributed by atoms with Crippen LogP contribution in [-0.2, 0) is 6.61 Å². The number of amides is 1. The van der Waals surface area contributed by atoms with Gasteiger partial charge in [0.2, 0.25) is 0 Å². The number of anilines is 1. The summed E-state index contributed by atoms with van der Waals surface area (Å²) in [6.45, 7) is 0.282. The molecule has 3 aromatic rings. The number of carbonyl (C=O) groups is 1. The molecule has 116 valence electrons. The Morgan fingerprint density at radius 3 is 3.00 bits per heavy atom. The normalized spacial score (nSPS) is 11.6. The molecule has 0 saturated heterocycles. The second kappa shape index (κ2) is 5.56. The van der Waals surface area contributed by atoms with E-state index in [1.165, 1.54) is 0 Å². The molecule has 1 aliphatic heterocycles. The molecule has 0 unspecified atom stereocenters. The molecule has 2 aromatic carbocycles. The predicted octanol–water partition coefficient (Wildman–Crippen LogP) is 3.09. The van der Waals surface area contributed by atoms with Gasteiger partial charge in [-0.3, -0.25) is 9.89 Å². The van der Waals surface area contributed by atoms with E-state index < -0.39 is 0 Å². The maximum Gasteiger partial charge on any atom is 0.274 e. The van der Waals surface area contributed by atoms with Crippen molar-refractivity contribution in [3.63, 3.8) is 0 Å². The highest BCUT2D eigenvalue weighted by molar-refractivity contribution is 6.05. The molecule has 0 spiro atoms. The third-order valence-corrected chi connectivity index (χ3v) is 3.86. The lowest BCUT2D eigenvalue weighted by molar-refractivity contribution is 0.102. The van der Waals surface area contributed by atoms with Gasteiger partial charge in [0.25, 0.3) is 5.91 Å². The van der Waals surface area contributed by atoms with Gasteiger partial charge >= 0.3 is 0 Å². The van der Waals surface area contributed by atoms with Crippen molar-refractivity contribution >= 4 is 11.6 Å². The van der Waals surface area contributed by atoms with E-state index in [0.717, 1.165) is 22.6 Å². The standard InChI is InChI=1S/C18H12N4O2/c19-9-11-4-3-5-12(8-11)20-18(23)17-14-10-24-15-7-2-1-6-13(15)16(14)21-22-17/h1-8H,10H2,(H,20,23)(H,21,22). The molecule has 0 fully saturated rings. The van der Waals surface area contributed by atoms with Crippen molar-refractivity contribution in [1.82, 2.24) is 10.2 Å². The highest BCUT2D eigenvalue weighted by atomic mass is 16.5. The minimum atomic E-state index is -0.318. The van der Waals surface area contributed by atoms with Gasteiger partial charge in [0.15, 0.2) is 0 Å². The highest BCUT2D eigenvalue weighted by Gasteiger charge is 2.26. The Hall–Kier alpha value is -3.59. The summed E-state index contributed by atoms with van der Waals surface area (Å²) >= 11 is 0. The van der Waals surface area contributed by atoms with Crippen molar-refractivity contribution in [3.05, 3.63) is 65.4 Å². The van der Waals surface area contributed by atoms with Crippen molar-refractivity contribution in [3.8, 4) is 23.1 Å². The van der Waals surface area contributed by atoms with Gasteiger partial charge < -0.3 is 10.1 Å². The van der Waals surface area contributed by atoms with E-state index in [1.807, 2.05) is 30.3 Å². The van der Waals surface area contributed by atoms with Crippen LogP contribution < -0.4 is 10.1 Å². The number of benzene rings is 2. The molecule has 2 N–H and O–H groups in total. The first kappa shape index (κ1) is 14.0. The van der Waals surface area contributed by atoms with E-state index in [2.05, 4.69) is 15.5 Å². The van der Waals surface area contributed by atoms with E-state index in [0.29, 0.717) is 16.9 Å². The number of ether oxygens (including phenoxy) is 1. The molecule has 0 bridgehead atoms. The zero-order chi connectivity index (χ0) is 16.5. The number of nitriles is 1. The van der Waals surface area contributed by atoms with Crippen LogP contribution in [0.5, 0.6) is 5.75 Å². The summed E-state index contributed by atoms with van der Waals surface area (Å²) in [7, 11) is 0. The van der Waals surface area contributed by atoms with Gasteiger partial charge in [0, 0.05) is 16.8 Å². The molecule has 1 aliphatic rings. The van der Waals surface area contributed by atoms with Crippen LogP contribution in [0.2, 0.25) is 0 Å². The summed E-state index contributed by atoms with van der Waals surface area (Å²) < 4.78 is 5.70. The van der Waals surface area contributed by atoms with Gasteiger partial charge in [-0.15, -0.1) is 0 Å². The Labute approximate surface area is 137 Å². The number of fused-ring (bicyclic) bond motifs is 3. The minimum Gasteiger partial charge on any atom is -0.488 e. The summed E-state index contributed by atoms with van der Waals surface area (Å²) in [4.78, 5) is 12.5. The molecule has 2 heterocycles. The van der Waals surface area contributed by atoms with Crippen molar-refractivity contribution in [2.24, 2.45) is 0 Å². The number of nitrogens with zero attached hydrogens (tertiary/aromatic N) is 2. The number of para-hydroxylation sites is 1. The molecule has 0 aliphatic carbocycles. The third kappa shape index (κ3) is 2.29. The number of aromatic amines is 1. The fourth-order valence-corrected chi connectivity index (χ4v) is 2.71. The average molecular weight is 316 g/mol. The number of nitrogens with one attached hydrogen (secondary N) is 2. The fourth-order valence-electron chi connectivity index (χ4n) is 2.71. The van der Waals surface area contributed by atoms with Crippen molar-refractivity contribution in [1.29, 1.82) is 5.26 Å². The Morgan fingerprint density at radius 1 is 1.25 bits per heavy atom. The lowest BCUT2D eigenvalue weighted by Crippen LogP contribution is -2.16. The second-order valence-corrected chi connectivity index (χ2v) is 5.36. The van der Waals surface area contributed by atoms with Crippen LogP contribution in [0.1, 0.15) is 21.6 Å². The molecular formula is C18H12N4O2. The molecule has 24 heavy (non-hydrogen) atoms. The maximum atomic E-state index is 12.5. The monoisotopic (exact) mass is 316 g/mol. The van der Waals surface area contributed by atoms with Crippen LogP contribution in [0, 0.1) is 11.3 Å². The van der Waals surface area contributed by atoms with Crippen LogP contribution in [0.25, 0.3) is 11.3 Å². The molecular weight excluding hydrogens is 304 g/mol. The molecule has 4 rings (SSSR count). The van der Waals surface area contributed by atoms with E-state index in [4.69, 9.17) is 10.00 Å². The molecule has 6 nitrogen and oxygen atoms in total. The van der Waals surface area contributed by atoms with Crippen LogP contribution in [-0.4, -0.2) is 16.1 Å². The molecule has 6 heteroatoms. The van der Waals surface area contributed by atoms with Gasteiger partial charge in [-0.1, -0.05) is 18.2 Å². The third-order valence-electron chi connectivity index (χ3n) is 3.86. The van der Waals surface area contributed by atoms with Gasteiger partial charge in [-0.05, 0) is 30.3 Å². The van der Waals surface area contributed by atoms with Gasteiger partial charge in [-0.2, -0.15) is 10.4 Å². The van der Waals surface area contributed by atoms with Crippen LogP contribution >= 0.6 is 0 Å². The molecule has 0 atom stereocenters. The number of H-pyrrole nitrogens is 1. The van der Waals surface area contributed by atoms with Crippen molar-refractivity contribution in [2.75, 3.05) is 5.32 Å². The summed E-state index contributed by atoms with van der Waals surface area (Å²) in [6.07, 6.45) is 0. The van der Waals surface area contributed by atoms with E-state index in [1.54, 1.807) is 24.3 Å². The first-order valence-corrected chi connectivity index (χ1v) is 7.37. The Morgan fingerprint density at radius 2 is 2.12 bits per heavy atom. The smallest absolute Gasteiger partial charge is 0.274 e. The summed E-state index contributed by atoms with van der Waals surface area (Å²) in [6, 6.07) is 16.4. The number of hydrogen-bond acceptors (Lipinski definition) is 4. The minimum absolute atomic E-state index is 0.282. The lowest BCUT2D eigenvalue weighted by Gasteiger charge is -2.17. The first-order valence-electron chi connectivity index (χ1n) is 7.37. The zero-order valence-corrected chi connectivity index (χ0v) is 12.5. The lowest BCUT2D eigenvalue weighted by atomic mass is 10.0. The topological polar surface area (TPSA) is 90.8 Å². The van der Waals surface area contributed by atoms with Gasteiger partial charge in [0.05, 0.1) is 11.6 Å². The van der Waals surface area contributed by atoms with E-state index >= 15 is 0 Å². The number of carbonyl (C=O) groups excluding carboxylic acids is 1. The van der Waals surface area contributed by atoms with E-state index in [-0.39, 0.29) is 12.5 Å². The number of rotatable bonds is 2. The SMILES string of the molecule is N#Cc1cccc(NC(=O)c2[nH]nc3c2COc2ccccc2-3)c1. The van der Waals surface area contributed by atoms with E-state index in [9.17, 15) is 4.79 Å². The van der Waals surface area contributed by atoms with Gasteiger partial charge in [0.1, 0.15) is 23.7 Å². The molecule has 0 saturated carbocycles. The van der Waals surface area contributed by atoms with Gasteiger partial charge in [-0.25, -0.2) is 0 Å². The Bertz CT molecular complexity index is 985.